The summed E-state index contributed by atoms with van der Waals surface area (Å²) in [6, 6.07) is 0.0654. The smallest absolute Gasteiger partial charge is 0.297 e. The number of anilines is 1. The van der Waals surface area contributed by atoms with Crippen molar-refractivity contribution in [2.75, 3.05) is 5.01 Å². The molecule has 0 atom stereocenters. The molecule has 8 heteroatoms. The number of hydrogen-bond donors (Lipinski definition) is 0. The van der Waals surface area contributed by atoms with E-state index in [-0.39, 0.29) is 23.6 Å². The minimum atomic E-state index is -0.397. The molecule has 2 aromatic heterocycles. The fraction of sp³-hybridized carbons (Fsp3) is 0.556. The predicted molar refractivity (Wildman–Crippen MR) is 104 cm³/mol. The van der Waals surface area contributed by atoms with E-state index in [0.29, 0.717) is 23.7 Å². The van der Waals surface area contributed by atoms with Crippen LogP contribution < -0.4 is 16.3 Å². The van der Waals surface area contributed by atoms with Crippen LogP contribution >= 0.6 is 0 Å². The van der Waals surface area contributed by atoms with Gasteiger partial charge in [0.1, 0.15) is 0 Å². The van der Waals surface area contributed by atoms with Gasteiger partial charge in [-0.2, -0.15) is 10.1 Å². The molecule has 0 radical (unpaired) electrons. The lowest BCUT2D eigenvalue weighted by Crippen LogP contribution is -2.41. The first kappa shape index (κ1) is 18.2. The van der Waals surface area contributed by atoms with E-state index in [9.17, 15) is 9.59 Å². The number of rotatable bonds is 3. The molecule has 1 aliphatic rings. The van der Waals surface area contributed by atoms with Crippen LogP contribution in [0.2, 0.25) is 0 Å². The number of aromatic nitrogens is 4. The molecule has 0 saturated carbocycles. The Kier molecular flexibility index (Phi) is 4.17. The molecule has 1 aliphatic heterocycles. The molecule has 3 rings (SSSR count). The van der Waals surface area contributed by atoms with Crippen molar-refractivity contribution in [3.05, 3.63) is 33.5 Å². The van der Waals surface area contributed by atoms with E-state index in [1.807, 2.05) is 23.4 Å². The van der Waals surface area contributed by atoms with Gasteiger partial charge in [-0.3, -0.25) is 18.5 Å². The number of hydrogen-bond acceptors (Lipinski definition) is 5. The molecule has 2 aromatic rings. The SMILES string of the molecule is C=CCn1c(=O)c2c(nc3n2CC(C(C)(C)C)=NN3C(C)C)n(C)c1=O. The van der Waals surface area contributed by atoms with Crippen LogP contribution in [0.1, 0.15) is 34.6 Å². The molecule has 0 unspecified atom stereocenters. The Morgan fingerprint density at radius 3 is 2.46 bits per heavy atom. The first-order chi connectivity index (χ1) is 12.1. The minimum Gasteiger partial charge on any atom is -0.297 e. The summed E-state index contributed by atoms with van der Waals surface area (Å²) in [5.41, 5.74) is 0.869. The van der Waals surface area contributed by atoms with Crippen LogP contribution in [-0.4, -0.2) is 30.4 Å². The summed E-state index contributed by atoms with van der Waals surface area (Å²) < 4.78 is 4.48. The van der Waals surface area contributed by atoms with Crippen molar-refractivity contribution >= 4 is 22.8 Å². The lowest BCUT2D eigenvalue weighted by atomic mass is 9.89. The molecule has 0 aromatic carbocycles. The van der Waals surface area contributed by atoms with E-state index in [4.69, 9.17) is 5.10 Å². The fourth-order valence-corrected chi connectivity index (χ4v) is 3.06. The van der Waals surface area contributed by atoms with Gasteiger partial charge in [0, 0.05) is 19.0 Å². The number of fused-ring (bicyclic) bond motifs is 3. The Morgan fingerprint density at radius 1 is 1.27 bits per heavy atom. The Bertz CT molecular complexity index is 1030. The van der Waals surface area contributed by atoms with Crippen LogP contribution in [0.15, 0.2) is 27.3 Å². The summed E-state index contributed by atoms with van der Waals surface area (Å²) in [4.78, 5) is 30.2. The molecule has 3 heterocycles. The second-order valence-electron chi connectivity index (χ2n) is 7.95. The van der Waals surface area contributed by atoms with Gasteiger partial charge >= 0.3 is 5.69 Å². The van der Waals surface area contributed by atoms with Crippen molar-refractivity contribution in [3.8, 4) is 0 Å². The van der Waals surface area contributed by atoms with Crippen LogP contribution in [0, 0.1) is 5.41 Å². The van der Waals surface area contributed by atoms with Crippen LogP contribution in [0.3, 0.4) is 0 Å². The second kappa shape index (κ2) is 5.96. The molecule has 0 saturated heterocycles. The number of aryl methyl sites for hydroxylation is 1. The van der Waals surface area contributed by atoms with Gasteiger partial charge in [0.25, 0.3) is 5.56 Å². The standard InChI is InChI=1S/C18H26N6O2/c1-8-9-22-15(25)13-14(21(7)17(22)26)19-16-23(13)10-12(18(4,5)6)20-24(16)11(2)3/h8,11H,1,9-10H2,2-7H3. The van der Waals surface area contributed by atoms with Gasteiger partial charge in [0.05, 0.1) is 18.3 Å². The maximum absolute atomic E-state index is 13.0. The maximum atomic E-state index is 13.0. The normalized spacial score (nSPS) is 14.7. The molecule has 0 N–H and O–H groups in total. The van der Waals surface area contributed by atoms with Crippen molar-refractivity contribution in [2.24, 2.45) is 17.6 Å². The molecule has 8 nitrogen and oxygen atoms in total. The zero-order chi connectivity index (χ0) is 19.4. The van der Waals surface area contributed by atoms with E-state index in [1.54, 1.807) is 13.1 Å². The molecular weight excluding hydrogens is 332 g/mol. The monoisotopic (exact) mass is 358 g/mol. The number of imidazole rings is 1. The third-order valence-corrected chi connectivity index (χ3v) is 4.62. The summed E-state index contributed by atoms with van der Waals surface area (Å²) in [5, 5.41) is 6.61. The predicted octanol–water partition coefficient (Wildman–Crippen LogP) is 1.71. The lowest BCUT2D eigenvalue weighted by Gasteiger charge is -2.33. The molecule has 0 fully saturated rings. The van der Waals surface area contributed by atoms with Gasteiger partial charge in [-0.25, -0.2) is 9.80 Å². The topological polar surface area (TPSA) is 77.4 Å². The second-order valence-corrected chi connectivity index (χ2v) is 7.95. The Morgan fingerprint density at radius 2 is 1.92 bits per heavy atom. The third-order valence-electron chi connectivity index (χ3n) is 4.62. The highest BCUT2D eigenvalue weighted by Crippen LogP contribution is 2.30. The summed E-state index contributed by atoms with van der Waals surface area (Å²) in [7, 11) is 1.63. The first-order valence-electron chi connectivity index (χ1n) is 8.76. The van der Waals surface area contributed by atoms with Gasteiger partial charge in [0.2, 0.25) is 5.95 Å². The maximum Gasteiger partial charge on any atom is 0.332 e. The fourth-order valence-electron chi connectivity index (χ4n) is 3.06. The highest BCUT2D eigenvalue weighted by Gasteiger charge is 2.32. The summed E-state index contributed by atoms with van der Waals surface area (Å²) >= 11 is 0. The first-order valence-corrected chi connectivity index (χ1v) is 8.76. The molecule has 0 bridgehead atoms. The van der Waals surface area contributed by atoms with Gasteiger partial charge < -0.3 is 0 Å². The third kappa shape index (κ3) is 2.60. The van der Waals surface area contributed by atoms with Crippen LogP contribution in [0.4, 0.5) is 5.95 Å². The van der Waals surface area contributed by atoms with E-state index in [1.165, 1.54) is 9.13 Å². The van der Waals surface area contributed by atoms with Gasteiger partial charge in [0.15, 0.2) is 11.2 Å². The van der Waals surface area contributed by atoms with Crippen molar-refractivity contribution < 1.29 is 0 Å². The summed E-state index contributed by atoms with van der Waals surface area (Å²) in [6.45, 7) is 14.6. The van der Waals surface area contributed by atoms with Gasteiger partial charge in [-0.1, -0.05) is 26.8 Å². The number of allylic oxidation sites excluding steroid dienone is 1. The van der Waals surface area contributed by atoms with Crippen LogP contribution in [-0.2, 0) is 20.1 Å². The largest absolute Gasteiger partial charge is 0.332 e. The zero-order valence-corrected chi connectivity index (χ0v) is 16.3. The molecular formula is C18H26N6O2. The van der Waals surface area contributed by atoms with Crippen molar-refractivity contribution in [3.63, 3.8) is 0 Å². The quantitative estimate of drug-likeness (QED) is 0.783. The Labute approximate surface area is 152 Å². The number of nitrogens with zero attached hydrogens (tertiary/aromatic N) is 6. The average Bonchev–Trinajstić information content (AvgIpc) is 2.94. The van der Waals surface area contributed by atoms with Crippen molar-refractivity contribution in [1.82, 2.24) is 18.7 Å². The van der Waals surface area contributed by atoms with Crippen molar-refractivity contribution in [1.29, 1.82) is 0 Å². The molecule has 0 amide bonds. The molecule has 0 spiro atoms. The van der Waals surface area contributed by atoms with E-state index >= 15 is 0 Å². The van der Waals surface area contributed by atoms with Crippen molar-refractivity contribution in [2.45, 2.75) is 53.8 Å². The van der Waals surface area contributed by atoms with E-state index in [2.05, 4.69) is 32.3 Å². The molecule has 140 valence electrons. The zero-order valence-electron chi connectivity index (χ0n) is 16.3. The van der Waals surface area contributed by atoms with Crippen LogP contribution in [0.5, 0.6) is 0 Å². The van der Waals surface area contributed by atoms with Gasteiger partial charge in [-0.15, -0.1) is 6.58 Å². The van der Waals surface area contributed by atoms with E-state index in [0.717, 1.165) is 5.71 Å². The lowest BCUT2D eigenvalue weighted by molar-refractivity contribution is 0.539. The van der Waals surface area contributed by atoms with E-state index < -0.39 is 5.69 Å². The molecule has 0 aliphatic carbocycles. The Balaban J connectivity index is 2.39. The Hall–Kier alpha value is -2.64. The summed E-state index contributed by atoms with van der Waals surface area (Å²) in [6.07, 6.45) is 1.55. The van der Waals surface area contributed by atoms with Gasteiger partial charge in [-0.05, 0) is 13.8 Å². The average molecular weight is 358 g/mol. The number of hydrazone groups is 1. The molecule has 26 heavy (non-hydrogen) atoms. The minimum absolute atomic E-state index is 0.0654. The van der Waals surface area contributed by atoms with Crippen LogP contribution in [0.25, 0.3) is 11.2 Å². The highest BCUT2D eigenvalue weighted by molar-refractivity contribution is 5.93. The summed E-state index contributed by atoms with van der Waals surface area (Å²) in [5.74, 6) is 0.589. The highest BCUT2D eigenvalue weighted by atomic mass is 16.2.